The highest BCUT2D eigenvalue weighted by Crippen LogP contribution is 2.52. The number of nitrogens with one attached hydrogen (secondary N) is 2. The van der Waals surface area contributed by atoms with Crippen molar-refractivity contribution < 1.29 is 23.8 Å². The number of carbonyl (C=O) groups excluding carboxylic acids is 1. The number of hydrogen-bond acceptors (Lipinski definition) is 6. The SMILES string of the molecule is COc1ccc([C@H](CC(=O)O)NC(=O)C2CC3(C2)CN(CCc2ccc4c(n2)NCCC4)C3)cc1F. The summed E-state index contributed by atoms with van der Waals surface area (Å²) in [5, 5.41) is 15.5. The Bertz CT molecular complexity index is 1140. The number of carbonyl (C=O) groups is 2. The molecule has 1 spiro atoms. The molecular formula is C27H33FN4O4. The molecule has 3 aliphatic rings. The second-order valence-corrected chi connectivity index (χ2v) is 10.5. The molecule has 1 atom stereocenters. The average molecular weight is 497 g/mol. The summed E-state index contributed by atoms with van der Waals surface area (Å²) in [6.07, 6.45) is 4.44. The van der Waals surface area contributed by atoms with Gasteiger partial charge in [0.15, 0.2) is 11.6 Å². The van der Waals surface area contributed by atoms with Crippen LogP contribution in [-0.4, -0.2) is 60.2 Å². The number of aromatic nitrogens is 1. The minimum absolute atomic E-state index is 0.0775. The lowest BCUT2D eigenvalue weighted by molar-refractivity contribution is -0.145. The van der Waals surface area contributed by atoms with Crippen LogP contribution in [0.5, 0.6) is 5.75 Å². The van der Waals surface area contributed by atoms with E-state index in [1.165, 1.54) is 24.8 Å². The number of carboxylic acid groups (broad SMARTS) is 1. The standard InChI is InChI=1S/C27H33FN4O4/c1-36-23-7-5-18(11-21(23)28)22(12-24(33)34)31-26(35)19-13-27(14-19)15-32(16-27)10-8-20-6-4-17-3-2-9-29-25(17)30-20/h4-7,11,19,22H,2-3,8-10,12-16H2,1H3,(H,29,30)(H,31,35)(H,33,34)/t22-/m0/s1. The van der Waals surface area contributed by atoms with E-state index in [4.69, 9.17) is 9.72 Å². The maximum absolute atomic E-state index is 14.2. The molecular weight excluding hydrogens is 463 g/mol. The Balaban J connectivity index is 1.09. The van der Waals surface area contributed by atoms with E-state index in [9.17, 15) is 19.1 Å². The van der Waals surface area contributed by atoms with E-state index >= 15 is 0 Å². The Morgan fingerprint density at radius 1 is 1.31 bits per heavy atom. The molecule has 3 N–H and O–H groups in total. The summed E-state index contributed by atoms with van der Waals surface area (Å²) >= 11 is 0. The maximum atomic E-state index is 14.2. The van der Waals surface area contributed by atoms with Gasteiger partial charge in [-0.2, -0.15) is 0 Å². The van der Waals surface area contributed by atoms with E-state index in [0.717, 1.165) is 69.8 Å². The number of methoxy groups -OCH3 is 1. The first-order valence-electron chi connectivity index (χ1n) is 12.6. The highest BCUT2D eigenvalue weighted by atomic mass is 19.1. The Kier molecular flexibility index (Phi) is 6.83. The number of carboxylic acids is 1. The summed E-state index contributed by atoms with van der Waals surface area (Å²) in [5.41, 5.74) is 3.00. The minimum atomic E-state index is -1.06. The molecule has 2 fully saturated rings. The van der Waals surface area contributed by atoms with E-state index in [-0.39, 0.29) is 29.4 Å². The zero-order chi connectivity index (χ0) is 25.3. The van der Waals surface area contributed by atoms with Gasteiger partial charge in [-0.05, 0) is 60.4 Å². The lowest BCUT2D eigenvalue weighted by atomic mass is 9.57. The quantitative estimate of drug-likeness (QED) is 0.490. The molecule has 36 heavy (non-hydrogen) atoms. The van der Waals surface area contributed by atoms with Gasteiger partial charge in [0.25, 0.3) is 0 Å². The molecule has 2 aromatic rings. The molecule has 3 heterocycles. The fraction of sp³-hybridized carbons (Fsp3) is 0.519. The first kappa shape index (κ1) is 24.5. The Morgan fingerprint density at radius 3 is 2.83 bits per heavy atom. The first-order valence-corrected chi connectivity index (χ1v) is 12.6. The predicted octanol–water partition coefficient (Wildman–Crippen LogP) is 3.17. The molecule has 1 aromatic carbocycles. The average Bonchev–Trinajstić information content (AvgIpc) is 2.81. The summed E-state index contributed by atoms with van der Waals surface area (Å²) in [4.78, 5) is 31.4. The number of aliphatic carboxylic acids is 1. The number of aryl methyl sites for hydroxylation is 1. The van der Waals surface area contributed by atoms with Gasteiger partial charge >= 0.3 is 5.97 Å². The number of halogens is 1. The van der Waals surface area contributed by atoms with Crippen LogP contribution in [0.15, 0.2) is 30.3 Å². The molecule has 0 unspecified atom stereocenters. The third-order valence-corrected chi connectivity index (χ3v) is 7.76. The maximum Gasteiger partial charge on any atom is 0.305 e. The van der Waals surface area contributed by atoms with E-state index in [2.05, 4.69) is 27.7 Å². The Morgan fingerprint density at radius 2 is 2.11 bits per heavy atom. The molecule has 8 nitrogen and oxygen atoms in total. The largest absolute Gasteiger partial charge is 0.494 e. The van der Waals surface area contributed by atoms with Crippen LogP contribution in [0.2, 0.25) is 0 Å². The lowest BCUT2D eigenvalue weighted by Crippen LogP contribution is -2.64. The number of benzene rings is 1. The topological polar surface area (TPSA) is 104 Å². The minimum Gasteiger partial charge on any atom is -0.494 e. The van der Waals surface area contributed by atoms with Gasteiger partial charge in [-0.1, -0.05) is 12.1 Å². The normalized spacial score (nSPS) is 19.4. The lowest BCUT2D eigenvalue weighted by Gasteiger charge is -2.59. The smallest absolute Gasteiger partial charge is 0.305 e. The molecule has 192 valence electrons. The summed E-state index contributed by atoms with van der Waals surface area (Å²) in [5.74, 6) is -0.828. The summed E-state index contributed by atoms with van der Waals surface area (Å²) in [6, 6.07) is 7.80. The van der Waals surface area contributed by atoms with Crippen LogP contribution in [0.3, 0.4) is 0 Å². The van der Waals surface area contributed by atoms with Crippen molar-refractivity contribution in [1.29, 1.82) is 0 Å². The molecule has 0 bridgehead atoms. The van der Waals surface area contributed by atoms with Crippen molar-refractivity contribution in [2.75, 3.05) is 38.6 Å². The van der Waals surface area contributed by atoms with Crippen LogP contribution in [0.25, 0.3) is 0 Å². The van der Waals surface area contributed by atoms with Gasteiger partial charge in [0, 0.05) is 44.2 Å². The molecule has 1 amide bonds. The van der Waals surface area contributed by atoms with E-state index in [1.807, 2.05) is 0 Å². The van der Waals surface area contributed by atoms with Crippen molar-refractivity contribution in [3.05, 3.63) is 53.0 Å². The van der Waals surface area contributed by atoms with Crippen molar-refractivity contribution in [1.82, 2.24) is 15.2 Å². The van der Waals surface area contributed by atoms with Crippen LogP contribution in [0, 0.1) is 17.2 Å². The van der Waals surface area contributed by atoms with Crippen LogP contribution >= 0.6 is 0 Å². The fourth-order valence-corrected chi connectivity index (χ4v) is 5.89. The van der Waals surface area contributed by atoms with Crippen molar-refractivity contribution in [2.45, 2.75) is 44.6 Å². The number of fused-ring (bicyclic) bond motifs is 1. The number of nitrogens with zero attached hydrogens (tertiary/aromatic N) is 2. The monoisotopic (exact) mass is 496 g/mol. The molecule has 1 saturated heterocycles. The second-order valence-electron chi connectivity index (χ2n) is 10.5. The van der Waals surface area contributed by atoms with Crippen LogP contribution in [0.1, 0.15) is 48.5 Å². The first-order chi connectivity index (χ1) is 17.3. The number of rotatable bonds is 9. The third-order valence-electron chi connectivity index (χ3n) is 7.76. The molecule has 1 saturated carbocycles. The third kappa shape index (κ3) is 5.16. The van der Waals surface area contributed by atoms with Crippen LogP contribution in [-0.2, 0) is 22.4 Å². The zero-order valence-corrected chi connectivity index (χ0v) is 20.6. The van der Waals surface area contributed by atoms with Gasteiger partial charge in [-0.3, -0.25) is 9.59 Å². The highest BCUT2D eigenvalue weighted by molar-refractivity contribution is 5.81. The molecule has 9 heteroatoms. The zero-order valence-electron chi connectivity index (χ0n) is 20.6. The molecule has 1 aliphatic carbocycles. The van der Waals surface area contributed by atoms with E-state index in [1.54, 1.807) is 6.07 Å². The van der Waals surface area contributed by atoms with E-state index in [0.29, 0.717) is 5.56 Å². The molecule has 5 rings (SSSR count). The Labute approximate surface area is 210 Å². The van der Waals surface area contributed by atoms with Gasteiger partial charge < -0.3 is 25.4 Å². The van der Waals surface area contributed by atoms with Crippen molar-refractivity contribution in [3.63, 3.8) is 0 Å². The number of hydrogen-bond donors (Lipinski definition) is 3. The molecule has 1 aromatic heterocycles. The van der Waals surface area contributed by atoms with Crippen LogP contribution < -0.4 is 15.4 Å². The fourth-order valence-electron chi connectivity index (χ4n) is 5.89. The van der Waals surface area contributed by atoms with Crippen LogP contribution in [0.4, 0.5) is 10.2 Å². The summed E-state index contributed by atoms with van der Waals surface area (Å²) in [7, 11) is 1.37. The Hall–Kier alpha value is -3.20. The molecule has 0 radical (unpaired) electrons. The van der Waals surface area contributed by atoms with Gasteiger partial charge in [0.1, 0.15) is 5.82 Å². The summed E-state index contributed by atoms with van der Waals surface area (Å²) < 4.78 is 19.1. The van der Waals surface area contributed by atoms with Gasteiger partial charge in [0.2, 0.25) is 5.91 Å². The number of anilines is 1. The highest BCUT2D eigenvalue weighted by Gasteiger charge is 2.54. The number of amides is 1. The van der Waals surface area contributed by atoms with Crippen molar-refractivity contribution in [3.8, 4) is 5.75 Å². The number of likely N-dealkylation sites (tertiary alicyclic amines) is 1. The predicted molar refractivity (Wildman–Crippen MR) is 132 cm³/mol. The van der Waals surface area contributed by atoms with Crippen molar-refractivity contribution in [2.24, 2.45) is 11.3 Å². The summed E-state index contributed by atoms with van der Waals surface area (Å²) in [6.45, 7) is 3.89. The van der Waals surface area contributed by atoms with Gasteiger partial charge in [-0.15, -0.1) is 0 Å². The van der Waals surface area contributed by atoms with E-state index < -0.39 is 17.8 Å². The van der Waals surface area contributed by atoms with Crippen molar-refractivity contribution >= 4 is 17.7 Å². The second kappa shape index (κ2) is 10.0. The number of ether oxygens (including phenoxy) is 1. The molecule has 2 aliphatic heterocycles. The van der Waals surface area contributed by atoms with Gasteiger partial charge in [0.05, 0.1) is 19.6 Å². The number of pyridine rings is 1. The van der Waals surface area contributed by atoms with Gasteiger partial charge in [-0.25, -0.2) is 9.37 Å².